The van der Waals surface area contributed by atoms with Crippen LogP contribution < -0.4 is 0 Å². The summed E-state index contributed by atoms with van der Waals surface area (Å²) < 4.78 is 1.80. The van der Waals surface area contributed by atoms with Gasteiger partial charge >= 0.3 is 5.97 Å². The van der Waals surface area contributed by atoms with E-state index in [1.54, 1.807) is 22.8 Å². The van der Waals surface area contributed by atoms with Crippen molar-refractivity contribution in [1.29, 1.82) is 0 Å². The Balaban J connectivity index is 1.98. The summed E-state index contributed by atoms with van der Waals surface area (Å²) in [6.07, 6.45) is 2.45. The summed E-state index contributed by atoms with van der Waals surface area (Å²) >= 11 is 0. The minimum absolute atomic E-state index is 0.0310. The van der Waals surface area contributed by atoms with Crippen molar-refractivity contribution < 1.29 is 19.5 Å². The van der Waals surface area contributed by atoms with Crippen molar-refractivity contribution >= 4 is 17.8 Å². The number of carbonyl (C=O) groups excluding carboxylic acids is 2. The number of aliphatic carboxylic acids is 1. The molecule has 1 aliphatic rings. The van der Waals surface area contributed by atoms with E-state index in [1.165, 1.54) is 4.90 Å². The molecule has 1 fully saturated rings. The van der Waals surface area contributed by atoms with E-state index in [1.807, 2.05) is 27.7 Å². The zero-order valence-corrected chi connectivity index (χ0v) is 16.2. The molecule has 0 bridgehead atoms. The SMILES string of the molecule is Cc1c(C(=O)N(C)CC(=O)N2CCC(C(=O)O)CC2)cnn1C(C)(C)C. The molecule has 0 radical (unpaired) electrons. The highest BCUT2D eigenvalue weighted by molar-refractivity contribution is 5.97. The highest BCUT2D eigenvalue weighted by Gasteiger charge is 2.29. The van der Waals surface area contributed by atoms with Gasteiger partial charge < -0.3 is 14.9 Å². The number of carbonyl (C=O) groups is 3. The molecule has 1 aliphatic heterocycles. The maximum Gasteiger partial charge on any atom is 0.306 e. The standard InChI is InChI=1S/C18H28N4O4/c1-12-14(10-19-22(12)18(2,3)4)16(24)20(5)11-15(23)21-8-6-13(7-9-21)17(25)26/h10,13H,6-9,11H2,1-5H3,(H,25,26). The van der Waals surface area contributed by atoms with Gasteiger partial charge in [-0.1, -0.05) is 0 Å². The lowest BCUT2D eigenvalue weighted by Gasteiger charge is -2.31. The molecule has 0 aromatic carbocycles. The van der Waals surface area contributed by atoms with E-state index in [4.69, 9.17) is 5.11 Å². The first-order chi connectivity index (χ1) is 12.0. The molecule has 0 unspecified atom stereocenters. The number of hydrogen-bond acceptors (Lipinski definition) is 4. The molecule has 0 saturated carbocycles. The molecule has 8 heteroatoms. The summed E-state index contributed by atoms with van der Waals surface area (Å²) in [6, 6.07) is 0. The highest BCUT2D eigenvalue weighted by atomic mass is 16.4. The van der Waals surface area contributed by atoms with Gasteiger partial charge in [0.1, 0.15) is 0 Å². The fourth-order valence-electron chi connectivity index (χ4n) is 3.25. The lowest BCUT2D eigenvalue weighted by atomic mass is 9.97. The van der Waals surface area contributed by atoms with Gasteiger partial charge in [-0.25, -0.2) is 0 Å². The molecule has 1 saturated heterocycles. The van der Waals surface area contributed by atoms with Crippen LogP contribution in [0.15, 0.2) is 6.20 Å². The third-order valence-electron chi connectivity index (χ3n) is 4.79. The molecule has 0 spiro atoms. The Morgan fingerprint density at radius 3 is 2.31 bits per heavy atom. The first kappa shape index (κ1) is 19.9. The number of likely N-dealkylation sites (N-methyl/N-ethyl adjacent to an activating group) is 1. The zero-order valence-electron chi connectivity index (χ0n) is 16.2. The minimum Gasteiger partial charge on any atom is -0.481 e. The van der Waals surface area contributed by atoms with Crippen molar-refractivity contribution in [3.63, 3.8) is 0 Å². The van der Waals surface area contributed by atoms with E-state index in [2.05, 4.69) is 5.10 Å². The quantitative estimate of drug-likeness (QED) is 0.870. The Hall–Kier alpha value is -2.38. The zero-order chi connectivity index (χ0) is 19.6. The number of carboxylic acids is 1. The third kappa shape index (κ3) is 4.23. The van der Waals surface area contributed by atoms with E-state index >= 15 is 0 Å². The van der Waals surface area contributed by atoms with Crippen molar-refractivity contribution in [1.82, 2.24) is 19.6 Å². The van der Waals surface area contributed by atoms with Crippen molar-refractivity contribution in [2.45, 2.75) is 46.1 Å². The summed E-state index contributed by atoms with van der Waals surface area (Å²) in [6.45, 7) is 8.67. The molecule has 0 atom stereocenters. The predicted octanol–water partition coefficient (Wildman–Crippen LogP) is 1.34. The van der Waals surface area contributed by atoms with Crippen LogP contribution >= 0.6 is 0 Å². The Kier molecular flexibility index (Phi) is 5.73. The number of rotatable bonds is 4. The first-order valence-electron chi connectivity index (χ1n) is 8.83. The van der Waals surface area contributed by atoms with Gasteiger partial charge in [-0.15, -0.1) is 0 Å². The second-order valence-electron chi connectivity index (χ2n) is 7.88. The number of aromatic nitrogens is 2. The van der Waals surface area contributed by atoms with Crippen LogP contribution in [0.4, 0.5) is 0 Å². The summed E-state index contributed by atoms with van der Waals surface area (Å²) in [5.74, 6) is -1.60. The summed E-state index contributed by atoms with van der Waals surface area (Å²) in [5.41, 5.74) is 1.02. The van der Waals surface area contributed by atoms with Gasteiger partial charge in [0, 0.05) is 25.8 Å². The van der Waals surface area contributed by atoms with E-state index in [0.29, 0.717) is 31.5 Å². The van der Waals surface area contributed by atoms with Gasteiger partial charge in [-0.2, -0.15) is 5.10 Å². The molecule has 1 N–H and O–H groups in total. The Morgan fingerprint density at radius 2 is 1.85 bits per heavy atom. The maximum absolute atomic E-state index is 12.7. The van der Waals surface area contributed by atoms with Crippen LogP contribution in [-0.2, 0) is 15.1 Å². The average Bonchev–Trinajstić information content (AvgIpc) is 2.95. The molecule has 2 amide bonds. The Bertz CT molecular complexity index is 697. The van der Waals surface area contributed by atoms with Crippen molar-refractivity contribution in [2.75, 3.05) is 26.7 Å². The molecule has 26 heavy (non-hydrogen) atoms. The predicted molar refractivity (Wildman–Crippen MR) is 95.9 cm³/mol. The minimum atomic E-state index is -0.810. The monoisotopic (exact) mass is 364 g/mol. The molecule has 144 valence electrons. The van der Waals surface area contributed by atoms with Crippen LogP contribution in [0.3, 0.4) is 0 Å². The summed E-state index contributed by atoms with van der Waals surface area (Å²) in [4.78, 5) is 39.1. The molecule has 1 aromatic heterocycles. The second kappa shape index (κ2) is 7.47. The normalized spacial score (nSPS) is 15.8. The van der Waals surface area contributed by atoms with Crippen LogP contribution in [-0.4, -0.2) is 69.2 Å². The van der Waals surface area contributed by atoms with Crippen molar-refractivity contribution in [2.24, 2.45) is 5.92 Å². The van der Waals surface area contributed by atoms with Gasteiger partial charge in [-0.05, 0) is 40.5 Å². The maximum atomic E-state index is 12.7. The fourth-order valence-corrected chi connectivity index (χ4v) is 3.25. The topological polar surface area (TPSA) is 95.7 Å². The molecule has 2 rings (SSSR count). The third-order valence-corrected chi connectivity index (χ3v) is 4.79. The van der Waals surface area contributed by atoms with E-state index in [9.17, 15) is 14.4 Å². The molecule has 2 heterocycles. The molecular formula is C18H28N4O4. The van der Waals surface area contributed by atoms with Gasteiger partial charge in [-0.3, -0.25) is 19.1 Å². The number of likely N-dealkylation sites (tertiary alicyclic amines) is 1. The van der Waals surface area contributed by atoms with E-state index in [-0.39, 0.29) is 29.8 Å². The van der Waals surface area contributed by atoms with Crippen LogP contribution in [0.25, 0.3) is 0 Å². The number of hydrogen-bond donors (Lipinski definition) is 1. The number of carboxylic acid groups (broad SMARTS) is 1. The molecule has 0 aliphatic carbocycles. The van der Waals surface area contributed by atoms with Crippen molar-refractivity contribution in [3.05, 3.63) is 17.5 Å². The van der Waals surface area contributed by atoms with E-state index < -0.39 is 5.97 Å². The molecule has 8 nitrogen and oxygen atoms in total. The number of nitrogens with zero attached hydrogens (tertiary/aromatic N) is 4. The molecular weight excluding hydrogens is 336 g/mol. The number of piperidine rings is 1. The smallest absolute Gasteiger partial charge is 0.306 e. The summed E-state index contributed by atoms with van der Waals surface area (Å²) in [7, 11) is 1.60. The van der Waals surface area contributed by atoms with Gasteiger partial charge in [0.15, 0.2) is 0 Å². The van der Waals surface area contributed by atoms with Crippen LogP contribution in [0.2, 0.25) is 0 Å². The molecule has 1 aromatic rings. The van der Waals surface area contributed by atoms with Gasteiger partial charge in [0.25, 0.3) is 5.91 Å². The Morgan fingerprint density at radius 1 is 1.27 bits per heavy atom. The van der Waals surface area contributed by atoms with E-state index in [0.717, 1.165) is 5.69 Å². The van der Waals surface area contributed by atoms with Crippen LogP contribution in [0.1, 0.15) is 49.7 Å². The number of amides is 2. The second-order valence-corrected chi connectivity index (χ2v) is 7.88. The largest absolute Gasteiger partial charge is 0.481 e. The van der Waals surface area contributed by atoms with Crippen LogP contribution in [0, 0.1) is 12.8 Å². The van der Waals surface area contributed by atoms with Crippen LogP contribution in [0.5, 0.6) is 0 Å². The first-order valence-corrected chi connectivity index (χ1v) is 8.83. The van der Waals surface area contributed by atoms with Crippen molar-refractivity contribution in [3.8, 4) is 0 Å². The van der Waals surface area contributed by atoms with Gasteiger partial charge in [0.2, 0.25) is 5.91 Å². The summed E-state index contributed by atoms with van der Waals surface area (Å²) in [5, 5.41) is 13.3. The van der Waals surface area contributed by atoms with Gasteiger partial charge in [0.05, 0.1) is 29.8 Å². The highest BCUT2D eigenvalue weighted by Crippen LogP contribution is 2.20. The Labute approximate surface area is 153 Å². The average molecular weight is 364 g/mol. The lowest BCUT2D eigenvalue weighted by Crippen LogP contribution is -2.45. The fraction of sp³-hybridized carbons (Fsp3) is 0.667. The lowest BCUT2D eigenvalue weighted by molar-refractivity contribution is -0.145.